The van der Waals surface area contributed by atoms with Crippen molar-refractivity contribution in [1.29, 1.82) is 0 Å². The van der Waals surface area contributed by atoms with Crippen molar-refractivity contribution in [3.05, 3.63) is 107 Å². The van der Waals surface area contributed by atoms with Crippen molar-refractivity contribution < 1.29 is 4.79 Å². The van der Waals surface area contributed by atoms with Crippen LogP contribution >= 0.6 is 11.6 Å². The van der Waals surface area contributed by atoms with Gasteiger partial charge in [0, 0.05) is 10.7 Å². The molecule has 4 aromatic rings. The lowest BCUT2D eigenvalue weighted by molar-refractivity contribution is -0.114. The fourth-order valence-corrected chi connectivity index (χ4v) is 4.05. The maximum atomic E-state index is 13.1. The van der Waals surface area contributed by atoms with Gasteiger partial charge in [-0.2, -0.15) is 4.68 Å². The molecule has 2 heterocycles. The van der Waals surface area contributed by atoms with E-state index in [-0.39, 0.29) is 18.5 Å². The van der Waals surface area contributed by atoms with Gasteiger partial charge >= 0.3 is 0 Å². The summed E-state index contributed by atoms with van der Waals surface area (Å²) in [7, 11) is 0. The molecule has 5 rings (SSSR count). The Labute approximate surface area is 196 Å². The largest absolute Gasteiger partial charge is 0.324 e. The van der Waals surface area contributed by atoms with Crippen LogP contribution in [-0.4, -0.2) is 32.7 Å². The number of rotatable bonds is 5. The van der Waals surface area contributed by atoms with Crippen LogP contribution in [0.25, 0.3) is 5.70 Å². The molecule has 1 N–H and O–H groups in total. The number of allylic oxidation sites excluding steroid dienone is 1. The molecule has 0 radical (unpaired) electrons. The molecule has 8 heteroatoms. The van der Waals surface area contributed by atoms with Crippen LogP contribution in [0.2, 0.25) is 5.02 Å². The molecular formula is C25H21ClN6O. The first-order valence-corrected chi connectivity index (χ1v) is 10.9. The van der Waals surface area contributed by atoms with E-state index >= 15 is 0 Å². The van der Waals surface area contributed by atoms with Gasteiger partial charge in [-0.25, -0.2) is 0 Å². The van der Waals surface area contributed by atoms with Gasteiger partial charge in [0.15, 0.2) is 0 Å². The number of fused-ring (bicyclic) bond motifs is 1. The van der Waals surface area contributed by atoms with Gasteiger partial charge in [0.2, 0.25) is 5.91 Å². The summed E-state index contributed by atoms with van der Waals surface area (Å²) in [5, 5.41) is 16.1. The van der Waals surface area contributed by atoms with Crippen molar-refractivity contribution in [1.82, 2.24) is 20.2 Å². The van der Waals surface area contributed by atoms with Gasteiger partial charge in [-0.05, 0) is 58.3 Å². The van der Waals surface area contributed by atoms with Crippen molar-refractivity contribution in [3.63, 3.8) is 0 Å². The number of benzene rings is 3. The first-order valence-electron chi connectivity index (χ1n) is 10.5. The Kier molecular flexibility index (Phi) is 5.62. The fraction of sp³-hybridized carbons (Fsp3) is 0.120. The number of carbonyl (C=O) groups excluding carboxylic acids is 1. The van der Waals surface area contributed by atoms with Crippen LogP contribution in [0.3, 0.4) is 0 Å². The summed E-state index contributed by atoms with van der Waals surface area (Å²) < 4.78 is 1.72. The van der Waals surface area contributed by atoms with Crippen LogP contribution in [0, 0.1) is 6.92 Å². The molecule has 1 aliphatic rings. The Morgan fingerprint density at radius 2 is 1.73 bits per heavy atom. The predicted octanol–water partition coefficient (Wildman–Crippen LogP) is 4.72. The second-order valence-electron chi connectivity index (χ2n) is 7.79. The van der Waals surface area contributed by atoms with E-state index in [1.54, 1.807) is 4.68 Å². The quantitative estimate of drug-likeness (QED) is 0.470. The number of halogens is 1. The number of nitrogens with one attached hydrogen (secondary N) is 1. The summed E-state index contributed by atoms with van der Waals surface area (Å²) in [6.45, 7) is 2.02. The number of tetrazole rings is 1. The molecule has 1 amide bonds. The van der Waals surface area contributed by atoms with Gasteiger partial charge in [-0.15, -0.1) is 0 Å². The third kappa shape index (κ3) is 4.23. The molecule has 3 aromatic carbocycles. The normalized spacial score (nSPS) is 15.0. The minimum Gasteiger partial charge on any atom is -0.324 e. The van der Waals surface area contributed by atoms with Gasteiger partial charge < -0.3 is 5.32 Å². The topological polar surface area (TPSA) is 75.9 Å². The lowest BCUT2D eigenvalue weighted by Gasteiger charge is -2.32. The van der Waals surface area contributed by atoms with Crippen LogP contribution in [0.4, 0.5) is 11.6 Å². The maximum Gasteiger partial charge on any atom is 0.251 e. The molecule has 1 aromatic heterocycles. The van der Waals surface area contributed by atoms with E-state index in [9.17, 15) is 4.79 Å². The molecule has 0 spiro atoms. The molecule has 0 saturated carbocycles. The van der Waals surface area contributed by atoms with Crippen LogP contribution < -0.4 is 10.2 Å². The van der Waals surface area contributed by atoms with E-state index in [0.29, 0.717) is 11.0 Å². The third-order valence-corrected chi connectivity index (χ3v) is 5.84. The highest BCUT2D eigenvalue weighted by atomic mass is 35.5. The van der Waals surface area contributed by atoms with Crippen LogP contribution in [0.5, 0.6) is 0 Å². The molecule has 0 saturated heterocycles. The highest BCUT2D eigenvalue weighted by Crippen LogP contribution is 2.36. The van der Waals surface area contributed by atoms with Gasteiger partial charge in [0.05, 0.1) is 5.70 Å². The predicted molar refractivity (Wildman–Crippen MR) is 129 cm³/mol. The van der Waals surface area contributed by atoms with E-state index in [0.717, 1.165) is 28.1 Å². The first-order chi connectivity index (χ1) is 16.1. The lowest BCUT2D eigenvalue weighted by Crippen LogP contribution is -2.37. The second-order valence-corrected chi connectivity index (χ2v) is 8.22. The van der Waals surface area contributed by atoms with Crippen LogP contribution in [0.1, 0.15) is 22.7 Å². The van der Waals surface area contributed by atoms with Gasteiger partial charge in [0.25, 0.3) is 5.95 Å². The Balaban J connectivity index is 1.53. The molecule has 1 aliphatic heterocycles. The molecule has 33 heavy (non-hydrogen) atoms. The Bertz CT molecular complexity index is 1320. The minimum absolute atomic E-state index is 0.0583. The number of hydrogen-bond donors (Lipinski definition) is 1. The van der Waals surface area contributed by atoms with Crippen molar-refractivity contribution >= 4 is 34.8 Å². The molecular weight excluding hydrogens is 436 g/mol. The van der Waals surface area contributed by atoms with Crippen molar-refractivity contribution in [2.75, 3.05) is 16.8 Å². The standard InChI is InChI=1S/C25H21ClN6O/c1-17-7-5-6-10-21(17)27-24(33)16-31-22(18-8-3-2-4-9-18)15-23(32-25(31)28-29-30-32)19-11-13-20(26)14-12-19/h2-15,23H,16H2,1H3,(H,27,33)/t23-/m0/s1. The summed E-state index contributed by atoms with van der Waals surface area (Å²) in [5.41, 5.74) is 4.59. The summed E-state index contributed by atoms with van der Waals surface area (Å²) in [4.78, 5) is 14.9. The second kappa shape index (κ2) is 8.88. The summed E-state index contributed by atoms with van der Waals surface area (Å²) >= 11 is 6.10. The molecule has 0 fully saturated rings. The highest BCUT2D eigenvalue weighted by molar-refractivity contribution is 6.30. The maximum absolute atomic E-state index is 13.1. The zero-order valence-electron chi connectivity index (χ0n) is 17.9. The van der Waals surface area contributed by atoms with E-state index in [2.05, 4.69) is 26.9 Å². The molecule has 0 unspecified atom stereocenters. The lowest BCUT2D eigenvalue weighted by atomic mass is 10.0. The van der Waals surface area contributed by atoms with Gasteiger partial charge in [-0.3, -0.25) is 9.69 Å². The molecule has 7 nitrogen and oxygen atoms in total. The van der Waals surface area contributed by atoms with Crippen molar-refractivity contribution in [2.24, 2.45) is 0 Å². The van der Waals surface area contributed by atoms with Gasteiger partial charge in [0.1, 0.15) is 12.6 Å². The number of aromatic nitrogens is 4. The smallest absolute Gasteiger partial charge is 0.251 e. The minimum atomic E-state index is -0.238. The Morgan fingerprint density at radius 3 is 2.48 bits per heavy atom. The number of para-hydroxylation sites is 1. The monoisotopic (exact) mass is 456 g/mol. The number of anilines is 2. The number of carbonyl (C=O) groups is 1. The van der Waals surface area contributed by atoms with Crippen LogP contribution in [-0.2, 0) is 4.79 Å². The zero-order valence-corrected chi connectivity index (χ0v) is 18.6. The average Bonchev–Trinajstić information content (AvgIpc) is 3.32. The number of amides is 1. The van der Waals surface area contributed by atoms with E-state index in [1.807, 2.05) is 90.7 Å². The molecule has 0 aliphatic carbocycles. The van der Waals surface area contributed by atoms with Crippen LogP contribution in [0.15, 0.2) is 84.9 Å². The highest BCUT2D eigenvalue weighted by Gasteiger charge is 2.32. The van der Waals surface area contributed by atoms with Gasteiger partial charge in [-0.1, -0.05) is 77.4 Å². The molecule has 1 atom stereocenters. The SMILES string of the molecule is Cc1ccccc1NC(=O)CN1C(c2ccccc2)=C[C@@H](c2ccc(Cl)cc2)n2nnnc21. The molecule has 164 valence electrons. The summed E-state index contributed by atoms with van der Waals surface area (Å²) in [6, 6.07) is 25.0. The Morgan fingerprint density at radius 1 is 1.00 bits per heavy atom. The zero-order chi connectivity index (χ0) is 22.8. The third-order valence-electron chi connectivity index (χ3n) is 5.59. The van der Waals surface area contributed by atoms with Crippen molar-refractivity contribution in [3.8, 4) is 0 Å². The van der Waals surface area contributed by atoms with E-state index in [4.69, 9.17) is 11.6 Å². The summed E-state index contributed by atoms with van der Waals surface area (Å²) in [5.74, 6) is 0.335. The number of hydrogen-bond acceptors (Lipinski definition) is 5. The van der Waals surface area contributed by atoms with E-state index in [1.165, 1.54) is 0 Å². The van der Waals surface area contributed by atoms with Crippen molar-refractivity contribution in [2.45, 2.75) is 13.0 Å². The molecule has 0 bridgehead atoms. The fourth-order valence-electron chi connectivity index (χ4n) is 3.93. The number of nitrogens with zero attached hydrogens (tertiary/aromatic N) is 5. The Hall–Kier alpha value is -3.97. The van der Waals surface area contributed by atoms with E-state index < -0.39 is 0 Å². The average molecular weight is 457 g/mol. The first kappa shape index (κ1) is 20.9. The summed E-state index contributed by atoms with van der Waals surface area (Å²) in [6.07, 6.45) is 2.07. The number of aryl methyl sites for hydroxylation is 1.